The average Bonchev–Trinajstić information content (AvgIpc) is 3.21. The van der Waals surface area contributed by atoms with Crippen LogP contribution in [0.15, 0.2) is 29.6 Å². The molecule has 2 heterocycles. The number of likely N-dealkylation sites (tertiary alicyclic amines) is 1. The molecule has 2 unspecified atom stereocenters. The predicted octanol–water partition coefficient (Wildman–Crippen LogP) is 4.47. The van der Waals surface area contributed by atoms with Crippen LogP contribution in [-0.4, -0.2) is 47.1 Å². The van der Waals surface area contributed by atoms with Crippen molar-refractivity contribution in [3.05, 3.63) is 35.3 Å². The van der Waals surface area contributed by atoms with Crippen LogP contribution in [-0.2, 0) is 20.7 Å². The summed E-state index contributed by atoms with van der Waals surface area (Å²) in [5.41, 5.74) is 1.54. The number of nitrogens with zero attached hydrogens (tertiary/aromatic N) is 2. The van der Waals surface area contributed by atoms with Crippen LogP contribution in [0.1, 0.15) is 52.1 Å². The molecular formula is C23H30N2O4S. The first kappa shape index (κ1) is 22.3. The second-order valence-corrected chi connectivity index (χ2v) is 8.33. The normalized spacial score (nSPS) is 17.4. The Hall–Kier alpha value is -2.41. The highest BCUT2D eigenvalue weighted by Gasteiger charge is 2.30. The fourth-order valence-electron chi connectivity index (χ4n) is 3.82. The third-order valence-electron chi connectivity index (χ3n) is 5.33. The van der Waals surface area contributed by atoms with E-state index in [1.54, 1.807) is 6.92 Å². The summed E-state index contributed by atoms with van der Waals surface area (Å²) in [6, 6.07) is 7.97. The number of hydrogen-bond donors (Lipinski definition) is 0. The summed E-state index contributed by atoms with van der Waals surface area (Å²) in [6.07, 6.45) is 3.37. The first-order chi connectivity index (χ1) is 14.5. The Morgan fingerprint density at radius 3 is 2.83 bits per heavy atom. The summed E-state index contributed by atoms with van der Waals surface area (Å²) in [4.78, 5) is 31.6. The van der Waals surface area contributed by atoms with Crippen molar-refractivity contribution in [3.8, 4) is 16.3 Å². The van der Waals surface area contributed by atoms with Gasteiger partial charge in [-0.25, -0.2) is 4.98 Å². The molecule has 2 atom stereocenters. The summed E-state index contributed by atoms with van der Waals surface area (Å²) in [5.74, 6) is 0.241. The fourth-order valence-corrected chi connectivity index (χ4v) is 4.67. The van der Waals surface area contributed by atoms with Gasteiger partial charge in [0, 0.05) is 18.0 Å². The molecule has 3 rings (SSSR count). The van der Waals surface area contributed by atoms with Crippen molar-refractivity contribution in [2.24, 2.45) is 0 Å². The molecule has 0 bridgehead atoms. The second kappa shape index (κ2) is 10.6. The Bertz CT molecular complexity index is 866. The molecule has 1 saturated heterocycles. The summed E-state index contributed by atoms with van der Waals surface area (Å²) in [5, 5.41) is 2.65. The maximum absolute atomic E-state index is 12.8. The number of rotatable bonds is 8. The van der Waals surface area contributed by atoms with Crippen LogP contribution in [0.5, 0.6) is 5.75 Å². The molecule has 7 heteroatoms. The number of esters is 1. The highest BCUT2D eigenvalue weighted by atomic mass is 32.1. The average molecular weight is 431 g/mol. The molecule has 1 amide bonds. The van der Waals surface area contributed by atoms with Crippen LogP contribution >= 0.6 is 11.3 Å². The van der Waals surface area contributed by atoms with Gasteiger partial charge in [0.05, 0.1) is 24.3 Å². The molecule has 1 aliphatic rings. The molecule has 1 aromatic carbocycles. The number of para-hydroxylation sites is 1. The van der Waals surface area contributed by atoms with Crippen molar-refractivity contribution < 1.29 is 19.1 Å². The number of carbonyl (C=O) groups is 2. The SMILES string of the molecule is CCOc1ccccc1-c1nc(CC(=O)OC(C)C(=O)N2CCCCC2CC)cs1. The molecule has 0 spiro atoms. The molecule has 162 valence electrons. The number of hydrogen-bond acceptors (Lipinski definition) is 6. The smallest absolute Gasteiger partial charge is 0.312 e. The lowest BCUT2D eigenvalue weighted by Gasteiger charge is -2.36. The summed E-state index contributed by atoms with van der Waals surface area (Å²) < 4.78 is 11.1. The van der Waals surface area contributed by atoms with Gasteiger partial charge in [0.25, 0.3) is 5.91 Å². The Morgan fingerprint density at radius 1 is 1.27 bits per heavy atom. The Morgan fingerprint density at radius 2 is 2.07 bits per heavy atom. The van der Waals surface area contributed by atoms with E-state index in [0.717, 1.165) is 48.5 Å². The number of carbonyl (C=O) groups excluding carboxylic acids is 2. The zero-order chi connectivity index (χ0) is 21.5. The maximum Gasteiger partial charge on any atom is 0.312 e. The van der Waals surface area contributed by atoms with E-state index in [4.69, 9.17) is 9.47 Å². The lowest BCUT2D eigenvalue weighted by atomic mass is 9.99. The van der Waals surface area contributed by atoms with Gasteiger partial charge < -0.3 is 14.4 Å². The van der Waals surface area contributed by atoms with E-state index < -0.39 is 12.1 Å². The first-order valence-corrected chi connectivity index (χ1v) is 11.6. The Balaban J connectivity index is 1.60. The van der Waals surface area contributed by atoms with Crippen LogP contribution < -0.4 is 4.74 Å². The molecule has 1 aliphatic heterocycles. The van der Waals surface area contributed by atoms with E-state index >= 15 is 0 Å². The van der Waals surface area contributed by atoms with Crippen LogP contribution in [0, 0.1) is 0 Å². The lowest BCUT2D eigenvalue weighted by molar-refractivity contribution is -0.160. The van der Waals surface area contributed by atoms with Crippen LogP contribution in [0.25, 0.3) is 10.6 Å². The number of thiazole rings is 1. The number of amides is 1. The second-order valence-electron chi connectivity index (χ2n) is 7.47. The minimum absolute atomic E-state index is 0.0438. The predicted molar refractivity (Wildman–Crippen MR) is 118 cm³/mol. The fraction of sp³-hybridized carbons (Fsp3) is 0.522. The van der Waals surface area contributed by atoms with Crippen molar-refractivity contribution in [3.63, 3.8) is 0 Å². The lowest BCUT2D eigenvalue weighted by Crippen LogP contribution is -2.48. The van der Waals surface area contributed by atoms with Gasteiger partial charge in [-0.3, -0.25) is 9.59 Å². The molecule has 2 aromatic rings. The van der Waals surface area contributed by atoms with Gasteiger partial charge >= 0.3 is 5.97 Å². The minimum Gasteiger partial charge on any atom is -0.493 e. The molecular weight excluding hydrogens is 400 g/mol. The third kappa shape index (κ3) is 5.39. The van der Waals surface area contributed by atoms with E-state index in [1.807, 2.05) is 41.5 Å². The molecule has 1 fully saturated rings. The molecule has 6 nitrogen and oxygen atoms in total. The maximum atomic E-state index is 12.8. The molecule has 0 saturated carbocycles. The van der Waals surface area contributed by atoms with Crippen molar-refractivity contribution in [1.82, 2.24) is 9.88 Å². The molecule has 30 heavy (non-hydrogen) atoms. The third-order valence-corrected chi connectivity index (χ3v) is 6.26. The van der Waals surface area contributed by atoms with E-state index in [1.165, 1.54) is 11.3 Å². The summed E-state index contributed by atoms with van der Waals surface area (Å²) >= 11 is 1.46. The van der Waals surface area contributed by atoms with Crippen LogP contribution in [0.3, 0.4) is 0 Å². The highest BCUT2D eigenvalue weighted by Crippen LogP contribution is 2.32. The van der Waals surface area contributed by atoms with Crippen molar-refractivity contribution >= 4 is 23.2 Å². The van der Waals surface area contributed by atoms with Crippen LogP contribution in [0.4, 0.5) is 0 Å². The Labute approximate surface area is 182 Å². The first-order valence-electron chi connectivity index (χ1n) is 10.7. The quantitative estimate of drug-likeness (QED) is 0.578. The summed E-state index contributed by atoms with van der Waals surface area (Å²) in [6.45, 7) is 7.01. The number of aromatic nitrogens is 1. The van der Waals surface area contributed by atoms with Gasteiger partial charge in [0.1, 0.15) is 10.8 Å². The van der Waals surface area contributed by atoms with E-state index in [9.17, 15) is 9.59 Å². The van der Waals surface area contributed by atoms with E-state index in [0.29, 0.717) is 12.3 Å². The van der Waals surface area contributed by atoms with Gasteiger partial charge in [-0.2, -0.15) is 0 Å². The topological polar surface area (TPSA) is 68.7 Å². The summed E-state index contributed by atoms with van der Waals surface area (Å²) in [7, 11) is 0. The Kier molecular flexibility index (Phi) is 7.85. The minimum atomic E-state index is -0.776. The molecule has 0 aliphatic carbocycles. The zero-order valence-corrected chi connectivity index (χ0v) is 18.7. The van der Waals surface area contributed by atoms with E-state index in [-0.39, 0.29) is 18.4 Å². The van der Waals surface area contributed by atoms with Gasteiger partial charge in [-0.1, -0.05) is 19.1 Å². The van der Waals surface area contributed by atoms with Crippen LogP contribution in [0.2, 0.25) is 0 Å². The molecule has 0 N–H and O–H groups in total. The standard InChI is InChI=1S/C23H30N2O4S/c1-4-18-10-8-9-13-25(18)23(27)16(3)29-21(26)14-17-15-30-22(24-17)19-11-6-7-12-20(19)28-5-2/h6-7,11-12,15-16,18H,4-5,8-10,13-14H2,1-3H3. The number of benzene rings is 1. The van der Waals surface area contributed by atoms with Gasteiger partial charge in [-0.05, 0) is 51.7 Å². The largest absolute Gasteiger partial charge is 0.493 e. The van der Waals surface area contributed by atoms with Crippen molar-refractivity contribution in [2.45, 2.75) is 65.0 Å². The van der Waals surface area contributed by atoms with E-state index in [2.05, 4.69) is 11.9 Å². The monoisotopic (exact) mass is 430 g/mol. The highest BCUT2D eigenvalue weighted by molar-refractivity contribution is 7.13. The zero-order valence-electron chi connectivity index (χ0n) is 17.9. The molecule has 1 aromatic heterocycles. The van der Waals surface area contributed by atoms with Gasteiger partial charge in [0.2, 0.25) is 0 Å². The number of piperidine rings is 1. The molecule has 0 radical (unpaired) electrons. The van der Waals surface area contributed by atoms with Crippen molar-refractivity contribution in [2.75, 3.05) is 13.2 Å². The van der Waals surface area contributed by atoms with Gasteiger partial charge in [-0.15, -0.1) is 11.3 Å². The van der Waals surface area contributed by atoms with Crippen molar-refractivity contribution in [1.29, 1.82) is 0 Å². The number of ether oxygens (including phenoxy) is 2. The van der Waals surface area contributed by atoms with Gasteiger partial charge in [0.15, 0.2) is 6.10 Å².